The second-order valence-corrected chi connectivity index (χ2v) is 5.94. The lowest BCUT2D eigenvalue weighted by molar-refractivity contribution is 0.293. The van der Waals surface area contributed by atoms with Gasteiger partial charge < -0.3 is 4.74 Å². The van der Waals surface area contributed by atoms with Crippen LogP contribution in [0.15, 0.2) is 46.3 Å². The average Bonchev–Trinajstić information content (AvgIpc) is 2.46. The van der Waals surface area contributed by atoms with Crippen molar-refractivity contribution in [1.82, 2.24) is 0 Å². The molecular formula is C20H28O. The van der Waals surface area contributed by atoms with E-state index in [0.29, 0.717) is 11.8 Å². The standard InChI is InChI=1S/C20H28O/c1-8-9-19-13-18(14(2)3)10-11-20(19)17(6)15(4)12-16(5)21-7/h10-12,14,19H,13H2,1-7H3/b16-12+,17-15+. The Bertz CT molecular complexity index is 556. The normalized spacial score (nSPS) is 20.2. The van der Waals surface area contributed by atoms with Crippen molar-refractivity contribution in [3.05, 3.63) is 46.3 Å². The Labute approximate surface area is 130 Å². The van der Waals surface area contributed by atoms with Gasteiger partial charge >= 0.3 is 0 Å². The maximum Gasteiger partial charge on any atom is 0.0927 e. The van der Waals surface area contributed by atoms with Crippen LogP contribution in [0.3, 0.4) is 0 Å². The molecule has 0 amide bonds. The Hall–Kier alpha value is -1.68. The molecule has 1 aliphatic rings. The van der Waals surface area contributed by atoms with E-state index in [1.54, 1.807) is 7.11 Å². The molecule has 1 aliphatic carbocycles. The summed E-state index contributed by atoms with van der Waals surface area (Å²) in [7, 11) is 1.71. The topological polar surface area (TPSA) is 9.23 Å². The zero-order chi connectivity index (χ0) is 16.0. The first-order chi connectivity index (χ1) is 9.90. The lowest BCUT2D eigenvalue weighted by Gasteiger charge is -2.24. The van der Waals surface area contributed by atoms with Gasteiger partial charge in [-0.25, -0.2) is 0 Å². The van der Waals surface area contributed by atoms with Gasteiger partial charge in [0.25, 0.3) is 0 Å². The summed E-state index contributed by atoms with van der Waals surface area (Å²) in [6, 6.07) is 0. The molecule has 1 atom stereocenters. The summed E-state index contributed by atoms with van der Waals surface area (Å²) in [5, 5.41) is 0. The van der Waals surface area contributed by atoms with Gasteiger partial charge in [0.1, 0.15) is 0 Å². The molecule has 1 nitrogen and oxygen atoms in total. The summed E-state index contributed by atoms with van der Waals surface area (Å²) in [5.74, 6) is 8.30. The Kier molecular flexibility index (Phi) is 6.56. The monoisotopic (exact) mass is 284 g/mol. The zero-order valence-corrected chi connectivity index (χ0v) is 14.5. The van der Waals surface area contributed by atoms with Crippen LogP contribution >= 0.6 is 0 Å². The minimum atomic E-state index is 0.309. The molecule has 0 aromatic rings. The van der Waals surface area contributed by atoms with E-state index in [1.807, 2.05) is 13.8 Å². The highest BCUT2D eigenvalue weighted by Crippen LogP contribution is 2.34. The van der Waals surface area contributed by atoms with Gasteiger partial charge in [-0.2, -0.15) is 0 Å². The number of hydrogen-bond donors (Lipinski definition) is 0. The van der Waals surface area contributed by atoms with E-state index in [1.165, 1.54) is 22.3 Å². The van der Waals surface area contributed by atoms with E-state index in [9.17, 15) is 0 Å². The van der Waals surface area contributed by atoms with Crippen LogP contribution in [0, 0.1) is 23.7 Å². The van der Waals surface area contributed by atoms with Gasteiger partial charge in [-0.1, -0.05) is 37.5 Å². The van der Waals surface area contributed by atoms with E-state index in [0.717, 1.165) is 12.2 Å². The van der Waals surface area contributed by atoms with Gasteiger partial charge in [-0.05, 0) is 62.8 Å². The van der Waals surface area contributed by atoms with Gasteiger partial charge in [-0.3, -0.25) is 0 Å². The first kappa shape index (κ1) is 17.4. The maximum atomic E-state index is 5.25. The van der Waals surface area contributed by atoms with E-state index < -0.39 is 0 Å². The third-order valence-corrected chi connectivity index (χ3v) is 4.12. The van der Waals surface area contributed by atoms with Gasteiger partial charge in [-0.15, -0.1) is 5.92 Å². The summed E-state index contributed by atoms with van der Waals surface area (Å²) >= 11 is 0. The molecule has 0 radical (unpaired) electrons. The van der Waals surface area contributed by atoms with Gasteiger partial charge in [0.15, 0.2) is 0 Å². The largest absolute Gasteiger partial charge is 0.501 e. The van der Waals surface area contributed by atoms with Crippen LogP contribution in [0.5, 0.6) is 0 Å². The highest BCUT2D eigenvalue weighted by molar-refractivity contribution is 5.47. The van der Waals surface area contributed by atoms with E-state index in [2.05, 4.69) is 57.8 Å². The predicted octanol–water partition coefficient (Wildman–Crippen LogP) is 5.43. The average molecular weight is 284 g/mol. The molecule has 0 N–H and O–H groups in total. The Morgan fingerprint density at radius 2 is 1.95 bits per heavy atom. The summed E-state index contributed by atoms with van der Waals surface area (Å²) in [6.07, 6.45) is 7.66. The number of methoxy groups -OCH3 is 1. The van der Waals surface area contributed by atoms with Crippen molar-refractivity contribution < 1.29 is 4.74 Å². The first-order valence-electron chi connectivity index (χ1n) is 7.63. The summed E-state index contributed by atoms with van der Waals surface area (Å²) < 4.78 is 5.25. The minimum Gasteiger partial charge on any atom is -0.501 e. The van der Waals surface area contributed by atoms with E-state index >= 15 is 0 Å². The van der Waals surface area contributed by atoms with Crippen LogP contribution in [0.4, 0.5) is 0 Å². The van der Waals surface area contributed by atoms with Crippen LogP contribution in [0.1, 0.15) is 48.0 Å². The highest BCUT2D eigenvalue weighted by Gasteiger charge is 2.20. The Morgan fingerprint density at radius 1 is 1.29 bits per heavy atom. The molecule has 1 rings (SSSR count). The van der Waals surface area contributed by atoms with Crippen molar-refractivity contribution in [2.45, 2.75) is 48.0 Å². The van der Waals surface area contributed by atoms with Gasteiger partial charge in [0, 0.05) is 5.92 Å². The fraction of sp³-hybridized carbons (Fsp3) is 0.500. The van der Waals surface area contributed by atoms with Crippen molar-refractivity contribution in [3.8, 4) is 11.8 Å². The molecule has 0 aromatic carbocycles. The third-order valence-electron chi connectivity index (χ3n) is 4.12. The van der Waals surface area contributed by atoms with Gasteiger partial charge in [0.05, 0.1) is 12.9 Å². The lowest BCUT2D eigenvalue weighted by Crippen LogP contribution is -2.12. The van der Waals surface area contributed by atoms with Crippen LogP contribution in [-0.4, -0.2) is 7.11 Å². The highest BCUT2D eigenvalue weighted by atomic mass is 16.5. The van der Waals surface area contributed by atoms with Crippen molar-refractivity contribution in [2.24, 2.45) is 11.8 Å². The van der Waals surface area contributed by atoms with Crippen LogP contribution in [0.25, 0.3) is 0 Å². The third kappa shape index (κ3) is 4.67. The molecular weight excluding hydrogens is 256 g/mol. The molecule has 0 saturated heterocycles. The Morgan fingerprint density at radius 3 is 2.48 bits per heavy atom. The molecule has 0 heterocycles. The number of rotatable bonds is 4. The summed E-state index contributed by atoms with van der Waals surface area (Å²) in [6.45, 7) is 12.7. The van der Waals surface area contributed by atoms with Crippen LogP contribution < -0.4 is 0 Å². The predicted molar refractivity (Wildman–Crippen MR) is 91.7 cm³/mol. The van der Waals surface area contributed by atoms with E-state index in [4.69, 9.17) is 4.74 Å². The molecule has 0 aromatic heterocycles. The Balaban J connectivity index is 3.22. The molecule has 0 spiro atoms. The molecule has 21 heavy (non-hydrogen) atoms. The minimum absolute atomic E-state index is 0.309. The molecule has 1 heteroatoms. The molecule has 0 aliphatic heterocycles. The molecule has 0 saturated carbocycles. The van der Waals surface area contributed by atoms with Crippen LogP contribution in [0.2, 0.25) is 0 Å². The second-order valence-electron chi connectivity index (χ2n) is 5.94. The fourth-order valence-electron chi connectivity index (χ4n) is 2.54. The molecule has 114 valence electrons. The van der Waals surface area contributed by atoms with Crippen molar-refractivity contribution in [3.63, 3.8) is 0 Å². The fourth-order valence-corrected chi connectivity index (χ4v) is 2.54. The SMILES string of the molecule is CC#CC1CC(C(C)C)=CC=C1/C(C)=C(C)/C=C(\C)OC. The van der Waals surface area contributed by atoms with Gasteiger partial charge in [0.2, 0.25) is 0 Å². The first-order valence-corrected chi connectivity index (χ1v) is 7.63. The zero-order valence-electron chi connectivity index (χ0n) is 14.5. The van der Waals surface area contributed by atoms with Crippen molar-refractivity contribution in [1.29, 1.82) is 0 Å². The molecule has 0 bridgehead atoms. The van der Waals surface area contributed by atoms with Crippen LogP contribution in [-0.2, 0) is 4.74 Å². The molecule has 1 unspecified atom stereocenters. The quantitative estimate of drug-likeness (QED) is 0.380. The molecule has 0 fully saturated rings. The summed E-state index contributed by atoms with van der Waals surface area (Å²) in [5.41, 5.74) is 5.37. The van der Waals surface area contributed by atoms with Crippen molar-refractivity contribution >= 4 is 0 Å². The lowest BCUT2D eigenvalue weighted by atomic mass is 9.80. The van der Waals surface area contributed by atoms with Crippen molar-refractivity contribution in [2.75, 3.05) is 7.11 Å². The second kappa shape index (κ2) is 7.93. The number of ether oxygens (including phenoxy) is 1. The maximum absolute atomic E-state index is 5.25. The number of hydrogen-bond acceptors (Lipinski definition) is 1. The number of allylic oxidation sites excluding steroid dienone is 8. The smallest absolute Gasteiger partial charge is 0.0927 e. The van der Waals surface area contributed by atoms with E-state index in [-0.39, 0.29) is 0 Å². The summed E-state index contributed by atoms with van der Waals surface area (Å²) in [4.78, 5) is 0.